The molecule has 3 aromatic rings. The maximum Gasteiger partial charge on any atom is 0.244 e. The van der Waals surface area contributed by atoms with E-state index in [1.54, 1.807) is 28.0 Å². The lowest BCUT2D eigenvalue weighted by Gasteiger charge is -2.36. The van der Waals surface area contributed by atoms with Crippen LogP contribution in [0, 0.1) is 5.82 Å². The van der Waals surface area contributed by atoms with E-state index in [0.717, 1.165) is 10.9 Å². The summed E-state index contributed by atoms with van der Waals surface area (Å²) in [7, 11) is 1.49. The normalized spacial score (nSPS) is 14.5. The first-order valence-corrected chi connectivity index (χ1v) is 9.26. The predicted octanol–water partition coefficient (Wildman–Crippen LogP) is 2.58. The maximum atomic E-state index is 14.3. The van der Waals surface area contributed by atoms with Crippen molar-refractivity contribution < 1.29 is 13.9 Å². The number of carbonyl (C=O) groups excluding carboxylic acids is 1. The number of pyridine rings is 1. The number of piperazine rings is 1. The summed E-state index contributed by atoms with van der Waals surface area (Å²) in [5.41, 5.74) is 1.19. The van der Waals surface area contributed by atoms with E-state index < -0.39 is 5.82 Å². The van der Waals surface area contributed by atoms with Crippen LogP contribution in [0.5, 0.6) is 5.75 Å². The number of amides is 1. The van der Waals surface area contributed by atoms with Crippen molar-refractivity contribution in [1.29, 1.82) is 0 Å². The molecule has 0 bridgehead atoms. The number of fused-ring (bicyclic) bond motifs is 1. The quantitative estimate of drug-likeness (QED) is 0.670. The number of methoxy groups -OCH3 is 1. The Hall–Kier alpha value is -2.87. The lowest BCUT2D eigenvalue weighted by molar-refractivity contribution is -0.132. The highest BCUT2D eigenvalue weighted by Crippen LogP contribution is 2.32. The van der Waals surface area contributed by atoms with Gasteiger partial charge in [0.1, 0.15) is 23.6 Å². The fraction of sp³-hybridized carbons (Fsp3) is 0.316. The molecule has 1 saturated heterocycles. The summed E-state index contributed by atoms with van der Waals surface area (Å²) in [5.74, 6) is 0.00815. The summed E-state index contributed by atoms with van der Waals surface area (Å²) < 4.78 is 21.1. The number of aromatic nitrogens is 3. The molecule has 0 spiro atoms. The minimum Gasteiger partial charge on any atom is -0.495 e. The van der Waals surface area contributed by atoms with Gasteiger partial charge in [-0.25, -0.2) is 4.39 Å². The zero-order valence-corrected chi connectivity index (χ0v) is 16.1. The Morgan fingerprint density at radius 1 is 1.29 bits per heavy atom. The van der Waals surface area contributed by atoms with Crippen LogP contribution in [0.2, 0.25) is 5.02 Å². The molecule has 0 N–H and O–H groups in total. The second-order valence-corrected chi connectivity index (χ2v) is 6.97. The molecule has 1 aliphatic heterocycles. The molecule has 1 amide bonds. The van der Waals surface area contributed by atoms with Gasteiger partial charge in [0.2, 0.25) is 5.91 Å². The Labute approximate surface area is 166 Å². The number of anilines is 1. The van der Waals surface area contributed by atoms with E-state index in [0.29, 0.717) is 37.6 Å². The van der Waals surface area contributed by atoms with E-state index in [1.807, 2.05) is 17.2 Å². The summed E-state index contributed by atoms with van der Waals surface area (Å²) in [4.78, 5) is 20.3. The molecule has 146 valence electrons. The van der Waals surface area contributed by atoms with Crippen LogP contribution < -0.4 is 9.64 Å². The molecule has 1 fully saturated rings. The Kier molecular flexibility index (Phi) is 5.04. The third-order valence-corrected chi connectivity index (χ3v) is 5.14. The molecule has 0 atom stereocenters. The Balaban J connectivity index is 1.40. The highest BCUT2D eigenvalue weighted by molar-refractivity contribution is 6.32. The van der Waals surface area contributed by atoms with E-state index in [-0.39, 0.29) is 17.5 Å². The molecule has 1 aromatic carbocycles. The topological polar surface area (TPSA) is 63.5 Å². The van der Waals surface area contributed by atoms with Gasteiger partial charge >= 0.3 is 0 Å². The third-order valence-electron chi connectivity index (χ3n) is 4.85. The highest BCUT2D eigenvalue weighted by atomic mass is 35.5. The van der Waals surface area contributed by atoms with Gasteiger partial charge in [-0.1, -0.05) is 11.6 Å². The fourth-order valence-electron chi connectivity index (χ4n) is 3.35. The largest absolute Gasteiger partial charge is 0.495 e. The van der Waals surface area contributed by atoms with E-state index in [9.17, 15) is 9.18 Å². The zero-order chi connectivity index (χ0) is 19.7. The van der Waals surface area contributed by atoms with Crippen molar-refractivity contribution in [2.45, 2.75) is 6.54 Å². The molecule has 0 saturated carbocycles. The van der Waals surface area contributed by atoms with E-state index >= 15 is 0 Å². The van der Waals surface area contributed by atoms with E-state index in [1.165, 1.54) is 13.2 Å². The van der Waals surface area contributed by atoms with Gasteiger partial charge in [-0.05, 0) is 12.1 Å². The summed E-state index contributed by atoms with van der Waals surface area (Å²) in [6, 6.07) is 4.71. The number of benzene rings is 1. The highest BCUT2D eigenvalue weighted by Gasteiger charge is 2.24. The van der Waals surface area contributed by atoms with Crippen LogP contribution >= 0.6 is 11.6 Å². The SMILES string of the molecule is COc1cc(N2CCN(C(=O)Cn3cc4ccncc4n3)CC2)c(F)cc1Cl. The molecule has 9 heteroatoms. The van der Waals surface area contributed by atoms with Crippen LogP contribution in [-0.4, -0.2) is 58.9 Å². The average Bonchev–Trinajstić information content (AvgIpc) is 3.10. The Bertz CT molecular complexity index is 984. The second-order valence-electron chi connectivity index (χ2n) is 6.57. The van der Waals surface area contributed by atoms with Crippen molar-refractivity contribution >= 4 is 34.1 Å². The Morgan fingerprint density at radius 2 is 2.07 bits per heavy atom. The van der Waals surface area contributed by atoms with Crippen LogP contribution in [0.15, 0.2) is 36.8 Å². The van der Waals surface area contributed by atoms with Gasteiger partial charge in [0.15, 0.2) is 0 Å². The van der Waals surface area contributed by atoms with Crippen LogP contribution in [0.25, 0.3) is 10.9 Å². The number of ether oxygens (including phenoxy) is 1. The summed E-state index contributed by atoms with van der Waals surface area (Å²) in [6.45, 7) is 2.23. The van der Waals surface area contributed by atoms with Crippen molar-refractivity contribution in [3.8, 4) is 5.75 Å². The number of hydrogen-bond donors (Lipinski definition) is 0. The molecule has 0 aliphatic carbocycles. The standard InChI is InChI=1S/C19H19ClFN5O2/c1-28-18-9-17(15(21)8-14(18)20)24-4-6-25(7-5-24)19(27)12-26-11-13-2-3-22-10-16(13)23-26/h2-3,8-11H,4-7,12H2,1H3. The molecule has 0 radical (unpaired) electrons. The first kappa shape index (κ1) is 18.5. The number of nitrogens with zero attached hydrogens (tertiary/aromatic N) is 5. The minimum absolute atomic E-state index is 0.0189. The summed E-state index contributed by atoms with van der Waals surface area (Å²) in [6.07, 6.45) is 5.20. The van der Waals surface area contributed by atoms with Crippen LogP contribution in [0.3, 0.4) is 0 Å². The molecular formula is C19H19ClFN5O2. The van der Waals surface area contributed by atoms with Gasteiger partial charge in [0.05, 0.1) is 24.0 Å². The lowest BCUT2D eigenvalue weighted by atomic mass is 10.2. The molecule has 0 unspecified atom stereocenters. The van der Waals surface area contributed by atoms with Gasteiger partial charge in [0.25, 0.3) is 0 Å². The molecule has 28 heavy (non-hydrogen) atoms. The Morgan fingerprint density at radius 3 is 2.79 bits per heavy atom. The summed E-state index contributed by atoms with van der Waals surface area (Å²) >= 11 is 5.96. The van der Waals surface area contributed by atoms with Crippen molar-refractivity contribution in [2.75, 3.05) is 38.2 Å². The van der Waals surface area contributed by atoms with Crippen LogP contribution in [0.4, 0.5) is 10.1 Å². The average molecular weight is 404 g/mol. The lowest BCUT2D eigenvalue weighted by Crippen LogP contribution is -2.49. The molecule has 2 aromatic heterocycles. The van der Waals surface area contributed by atoms with Gasteiger partial charge in [-0.3, -0.25) is 14.5 Å². The number of halogens is 2. The van der Waals surface area contributed by atoms with E-state index in [4.69, 9.17) is 16.3 Å². The van der Waals surface area contributed by atoms with E-state index in [2.05, 4.69) is 10.1 Å². The van der Waals surface area contributed by atoms with Gasteiger partial charge in [-0.15, -0.1) is 0 Å². The van der Waals surface area contributed by atoms with Gasteiger partial charge < -0.3 is 14.5 Å². The predicted molar refractivity (Wildman–Crippen MR) is 104 cm³/mol. The first-order chi connectivity index (χ1) is 13.5. The minimum atomic E-state index is -0.401. The van der Waals surface area contributed by atoms with Crippen LogP contribution in [-0.2, 0) is 11.3 Å². The van der Waals surface area contributed by atoms with Gasteiger partial charge in [-0.2, -0.15) is 5.10 Å². The fourth-order valence-corrected chi connectivity index (χ4v) is 3.58. The van der Waals surface area contributed by atoms with Crippen molar-refractivity contribution in [1.82, 2.24) is 19.7 Å². The summed E-state index contributed by atoms with van der Waals surface area (Å²) in [5, 5.41) is 5.55. The number of hydrogen-bond acceptors (Lipinski definition) is 5. The molecule has 4 rings (SSSR count). The zero-order valence-electron chi connectivity index (χ0n) is 15.3. The first-order valence-electron chi connectivity index (χ1n) is 8.88. The number of carbonyl (C=O) groups is 1. The molecular weight excluding hydrogens is 385 g/mol. The third kappa shape index (κ3) is 3.60. The molecule has 3 heterocycles. The number of rotatable bonds is 4. The second kappa shape index (κ2) is 7.63. The van der Waals surface area contributed by atoms with Gasteiger partial charge in [0, 0.05) is 50.0 Å². The van der Waals surface area contributed by atoms with Crippen molar-refractivity contribution in [3.05, 3.63) is 47.6 Å². The van der Waals surface area contributed by atoms with Crippen molar-refractivity contribution in [3.63, 3.8) is 0 Å². The maximum absolute atomic E-state index is 14.3. The molecule has 1 aliphatic rings. The molecule has 7 nitrogen and oxygen atoms in total. The smallest absolute Gasteiger partial charge is 0.244 e. The van der Waals surface area contributed by atoms with Crippen LogP contribution in [0.1, 0.15) is 0 Å². The monoisotopic (exact) mass is 403 g/mol. The van der Waals surface area contributed by atoms with Crippen molar-refractivity contribution in [2.24, 2.45) is 0 Å².